The Morgan fingerprint density at radius 3 is 2.46 bits per heavy atom. The molecule has 3 rings (SSSR count). The monoisotopic (exact) mass is 405 g/mol. The summed E-state index contributed by atoms with van der Waals surface area (Å²) in [6.45, 7) is 3.09. The number of carbonyl (C=O) groups excluding carboxylic acids is 1. The average Bonchev–Trinajstić information content (AvgIpc) is 2.70. The number of benzene rings is 1. The lowest BCUT2D eigenvalue weighted by Gasteiger charge is -2.33. The molecular formula is C21H31N3O3S. The summed E-state index contributed by atoms with van der Waals surface area (Å²) >= 11 is 0. The quantitative estimate of drug-likeness (QED) is 0.673. The Bertz CT molecular complexity index is 769. The van der Waals surface area contributed by atoms with E-state index in [9.17, 15) is 13.2 Å². The molecule has 0 bridgehead atoms. The number of allylic oxidation sites excluding steroid dienone is 1. The van der Waals surface area contributed by atoms with Gasteiger partial charge >= 0.3 is 0 Å². The van der Waals surface area contributed by atoms with Gasteiger partial charge in [-0.05, 0) is 37.7 Å². The molecule has 1 aliphatic carbocycles. The Hall–Kier alpha value is -1.70. The smallest absolute Gasteiger partial charge is 0.234 e. The third-order valence-electron chi connectivity index (χ3n) is 5.44. The summed E-state index contributed by atoms with van der Waals surface area (Å²) in [7, 11) is -3.32. The summed E-state index contributed by atoms with van der Waals surface area (Å²) in [5.41, 5.74) is 2.26. The van der Waals surface area contributed by atoms with E-state index in [2.05, 4.69) is 11.4 Å². The molecule has 1 N–H and O–H groups in total. The van der Waals surface area contributed by atoms with Crippen LogP contribution in [-0.4, -0.2) is 62.8 Å². The highest BCUT2D eigenvalue weighted by Crippen LogP contribution is 2.19. The zero-order valence-corrected chi connectivity index (χ0v) is 17.3. The second kappa shape index (κ2) is 10.2. The SMILES string of the molecule is O=C(CN1CCN(S(=O)(=O)Cc2ccccc2)CC1)NCCC1=CCCCC1. The van der Waals surface area contributed by atoms with Gasteiger partial charge in [0.25, 0.3) is 0 Å². The lowest BCUT2D eigenvalue weighted by molar-refractivity contribution is -0.122. The summed E-state index contributed by atoms with van der Waals surface area (Å²) in [5.74, 6) is 0.0569. The fourth-order valence-electron chi connectivity index (χ4n) is 3.80. The second-order valence-electron chi connectivity index (χ2n) is 7.63. The predicted molar refractivity (Wildman–Crippen MR) is 111 cm³/mol. The van der Waals surface area contributed by atoms with Crippen LogP contribution in [0.2, 0.25) is 0 Å². The highest BCUT2D eigenvalue weighted by atomic mass is 32.2. The Morgan fingerprint density at radius 2 is 1.79 bits per heavy atom. The molecule has 6 nitrogen and oxygen atoms in total. The molecule has 28 heavy (non-hydrogen) atoms. The van der Waals surface area contributed by atoms with Gasteiger partial charge in [-0.15, -0.1) is 0 Å². The minimum absolute atomic E-state index is 0.0250. The van der Waals surface area contributed by atoms with Gasteiger partial charge in [0.1, 0.15) is 0 Å². The molecule has 154 valence electrons. The van der Waals surface area contributed by atoms with Crippen LogP contribution in [0.1, 0.15) is 37.7 Å². The van der Waals surface area contributed by atoms with Crippen molar-refractivity contribution < 1.29 is 13.2 Å². The van der Waals surface area contributed by atoms with E-state index < -0.39 is 10.0 Å². The van der Waals surface area contributed by atoms with Gasteiger partial charge in [0.05, 0.1) is 12.3 Å². The van der Waals surface area contributed by atoms with Crippen LogP contribution in [0.4, 0.5) is 0 Å². The zero-order chi connectivity index (χ0) is 19.8. The van der Waals surface area contributed by atoms with E-state index in [1.807, 2.05) is 35.2 Å². The topological polar surface area (TPSA) is 69.7 Å². The van der Waals surface area contributed by atoms with Crippen molar-refractivity contribution in [2.75, 3.05) is 39.3 Å². The number of piperazine rings is 1. The second-order valence-corrected chi connectivity index (χ2v) is 9.59. The number of nitrogens with zero attached hydrogens (tertiary/aromatic N) is 2. The normalized spacial score (nSPS) is 19.2. The van der Waals surface area contributed by atoms with Crippen molar-refractivity contribution >= 4 is 15.9 Å². The maximum Gasteiger partial charge on any atom is 0.234 e. The molecule has 0 unspecified atom stereocenters. The first-order chi connectivity index (χ1) is 13.5. The van der Waals surface area contributed by atoms with Crippen molar-refractivity contribution in [1.29, 1.82) is 0 Å². The third-order valence-corrected chi connectivity index (χ3v) is 7.29. The Kier molecular flexibility index (Phi) is 7.65. The molecule has 0 radical (unpaired) electrons. The van der Waals surface area contributed by atoms with E-state index in [0.29, 0.717) is 39.3 Å². The summed E-state index contributed by atoms with van der Waals surface area (Å²) in [6, 6.07) is 9.26. The molecule has 1 aromatic carbocycles. The molecule has 0 aromatic heterocycles. The van der Waals surface area contributed by atoms with Crippen LogP contribution >= 0.6 is 0 Å². The number of sulfonamides is 1. The lowest BCUT2D eigenvalue weighted by atomic mass is 9.97. The van der Waals surface area contributed by atoms with Crippen LogP contribution in [0.25, 0.3) is 0 Å². The maximum absolute atomic E-state index is 12.6. The number of amides is 1. The Balaban J connectivity index is 1.37. The van der Waals surface area contributed by atoms with E-state index in [1.165, 1.54) is 24.8 Å². The first kappa shape index (κ1) is 21.0. The molecule has 1 aromatic rings. The highest BCUT2D eigenvalue weighted by Gasteiger charge is 2.27. The molecule has 0 saturated carbocycles. The van der Waals surface area contributed by atoms with Gasteiger partial charge in [0.2, 0.25) is 15.9 Å². The van der Waals surface area contributed by atoms with Crippen LogP contribution in [0.3, 0.4) is 0 Å². The van der Waals surface area contributed by atoms with E-state index in [4.69, 9.17) is 0 Å². The molecule has 2 aliphatic rings. The van der Waals surface area contributed by atoms with Gasteiger partial charge in [-0.1, -0.05) is 42.0 Å². The van der Waals surface area contributed by atoms with Crippen LogP contribution in [0.15, 0.2) is 42.0 Å². The van der Waals surface area contributed by atoms with Crippen molar-refractivity contribution in [3.05, 3.63) is 47.5 Å². The molecule has 1 fully saturated rings. The van der Waals surface area contributed by atoms with Gasteiger partial charge < -0.3 is 5.32 Å². The van der Waals surface area contributed by atoms with Gasteiger partial charge in [0.15, 0.2) is 0 Å². The third kappa shape index (κ3) is 6.43. The Morgan fingerprint density at radius 1 is 1.04 bits per heavy atom. The van der Waals surface area contributed by atoms with Gasteiger partial charge in [-0.25, -0.2) is 8.42 Å². The molecule has 1 aliphatic heterocycles. The van der Waals surface area contributed by atoms with E-state index in [-0.39, 0.29) is 11.7 Å². The largest absolute Gasteiger partial charge is 0.355 e. The predicted octanol–water partition coefficient (Wildman–Crippen LogP) is 2.14. The number of hydrogen-bond donors (Lipinski definition) is 1. The molecule has 1 saturated heterocycles. The van der Waals surface area contributed by atoms with Crippen molar-refractivity contribution in [3.8, 4) is 0 Å². The Labute approximate surface area is 168 Å². The first-order valence-electron chi connectivity index (χ1n) is 10.2. The van der Waals surface area contributed by atoms with Crippen LogP contribution < -0.4 is 5.32 Å². The summed E-state index contributed by atoms with van der Waals surface area (Å²) < 4.78 is 26.7. The number of hydrogen-bond acceptors (Lipinski definition) is 4. The minimum Gasteiger partial charge on any atom is -0.355 e. The summed E-state index contributed by atoms with van der Waals surface area (Å²) in [6.07, 6.45) is 8.12. The minimum atomic E-state index is -3.32. The maximum atomic E-state index is 12.6. The van der Waals surface area contributed by atoms with Crippen LogP contribution in [-0.2, 0) is 20.6 Å². The number of carbonyl (C=O) groups is 1. The summed E-state index contributed by atoms with van der Waals surface area (Å²) in [5, 5.41) is 3.00. The van der Waals surface area contributed by atoms with Crippen molar-refractivity contribution in [3.63, 3.8) is 0 Å². The van der Waals surface area contributed by atoms with E-state index in [1.54, 1.807) is 4.31 Å². The fraction of sp³-hybridized carbons (Fsp3) is 0.571. The average molecular weight is 406 g/mol. The van der Waals surface area contributed by atoms with E-state index in [0.717, 1.165) is 18.4 Å². The molecule has 0 atom stereocenters. The standard InChI is InChI=1S/C21H31N3O3S/c25-21(22-12-11-19-7-3-1-4-8-19)17-23-13-15-24(16-14-23)28(26,27)18-20-9-5-2-6-10-20/h2,5-7,9-10H,1,3-4,8,11-18H2,(H,22,25). The molecule has 0 spiro atoms. The van der Waals surface area contributed by atoms with Crippen molar-refractivity contribution in [1.82, 2.24) is 14.5 Å². The van der Waals surface area contributed by atoms with Crippen LogP contribution in [0.5, 0.6) is 0 Å². The number of nitrogens with one attached hydrogen (secondary N) is 1. The van der Waals surface area contributed by atoms with Gasteiger partial charge in [0, 0.05) is 32.7 Å². The highest BCUT2D eigenvalue weighted by molar-refractivity contribution is 7.88. The van der Waals surface area contributed by atoms with Gasteiger partial charge in [-0.2, -0.15) is 4.31 Å². The molecule has 1 amide bonds. The first-order valence-corrected chi connectivity index (χ1v) is 11.8. The summed E-state index contributed by atoms with van der Waals surface area (Å²) in [4.78, 5) is 14.2. The van der Waals surface area contributed by atoms with E-state index >= 15 is 0 Å². The van der Waals surface area contributed by atoms with Crippen molar-refractivity contribution in [2.24, 2.45) is 0 Å². The fourth-order valence-corrected chi connectivity index (χ4v) is 5.31. The molecule has 1 heterocycles. The molecular weight excluding hydrogens is 374 g/mol. The lowest BCUT2D eigenvalue weighted by Crippen LogP contribution is -2.51. The van der Waals surface area contributed by atoms with Crippen LogP contribution in [0, 0.1) is 0 Å². The number of rotatable bonds is 8. The zero-order valence-electron chi connectivity index (χ0n) is 16.5. The van der Waals surface area contributed by atoms with Gasteiger partial charge in [-0.3, -0.25) is 9.69 Å². The molecule has 7 heteroatoms. The van der Waals surface area contributed by atoms with Crippen molar-refractivity contribution in [2.45, 2.75) is 37.9 Å².